The first-order valence-electron chi connectivity index (χ1n) is 3.09. The molecule has 0 saturated carbocycles. The summed E-state index contributed by atoms with van der Waals surface area (Å²) in [6, 6.07) is -1.33. The number of halogens is 1. The number of aliphatic hydroxyl groups is 1. The van der Waals surface area contributed by atoms with Crippen LogP contribution in [0.4, 0.5) is 0 Å². The number of nitrogens with two attached hydrogens (primary N) is 1. The molecular formula is C5H7ClN2O4. The van der Waals surface area contributed by atoms with Gasteiger partial charge in [0.15, 0.2) is 17.4 Å². The summed E-state index contributed by atoms with van der Waals surface area (Å²) in [5, 5.41) is 20.6. The number of carboxylic acid groups (broad SMARTS) is 1. The van der Waals surface area contributed by atoms with Crippen LogP contribution < -0.4 is 5.73 Å². The third kappa shape index (κ3) is 1.50. The molecule has 3 atom stereocenters. The van der Waals surface area contributed by atoms with Crippen LogP contribution in [0.15, 0.2) is 5.16 Å². The summed E-state index contributed by atoms with van der Waals surface area (Å²) in [5.41, 5.74) is 5.16. The van der Waals surface area contributed by atoms with E-state index in [1.165, 1.54) is 0 Å². The maximum atomic E-state index is 10.3. The zero-order chi connectivity index (χ0) is 9.30. The van der Waals surface area contributed by atoms with E-state index in [2.05, 4.69) is 9.99 Å². The topological polar surface area (TPSA) is 105 Å². The minimum absolute atomic E-state index is 0.184. The number of aliphatic carboxylic acids is 1. The number of hydrogen-bond donors (Lipinski definition) is 3. The van der Waals surface area contributed by atoms with Crippen LogP contribution in [0.5, 0.6) is 0 Å². The Bertz CT molecular complexity index is 231. The lowest BCUT2D eigenvalue weighted by Crippen LogP contribution is -2.48. The fourth-order valence-corrected chi connectivity index (χ4v) is 0.925. The minimum atomic E-state index is -1.33. The van der Waals surface area contributed by atoms with E-state index in [1.54, 1.807) is 0 Å². The Morgan fingerprint density at radius 2 is 2.42 bits per heavy atom. The summed E-state index contributed by atoms with van der Waals surface area (Å²) in [6.07, 6.45) is -2.35. The van der Waals surface area contributed by atoms with Gasteiger partial charge >= 0.3 is 5.97 Å². The predicted molar refractivity (Wildman–Crippen MR) is 39.8 cm³/mol. The lowest BCUT2D eigenvalue weighted by atomic mass is 10.1. The van der Waals surface area contributed by atoms with Gasteiger partial charge in [-0.2, -0.15) is 0 Å². The van der Waals surface area contributed by atoms with Crippen molar-refractivity contribution in [1.82, 2.24) is 0 Å². The van der Waals surface area contributed by atoms with Crippen LogP contribution >= 0.6 is 11.6 Å². The summed E-state index contributed by atoms with van der Waals surface area (Å²) >= 11 is 5.33. The van der Waals surface area contributed by atoms with E-state index in [1.807, 2.05) is 0 Å². The number of aliphatic hydroxyl groups excluding tert-OH is 1. The van der Waals surface area contributed by atoms with Gasteiger partial charge in [-0.1, -0.05) is 16.8 Å². The van der Waals surface area contributed by atoms with Crippen LogP contribution in [-0.2, 0) is 9.63 Å². The number of oxime groups is 1. The molecule has 1 heterocycles. The van der Waals surface area contributed by atoms with Crippen LogP contribution in [0.2, 0.25) is 0 Å². The van der Waals surface area contributed by atoms with Gasteiger partial charge in [-0.25, -0.2) is 0 Å². The van der Waals surface area contributed by atoms with Crippen LogP contribution in [-0.4, -0.2) is 39.6 Å². The van der Waals surface area contributed by atoms with Crippen molar-refractivity contribution < 1.29 is 19.8 Å². The summed E-state index contributed by atoms with van der Waals surface area (Å²) < 4.78 is 0. The van der Waals surface area contributed by atoms with Crippen LogP contribution in [0.3, 0.4) is 0 Å². The summed E-state index contributed by atoms with van der Waals surface area (Å²) in [6.45, 7) is 0. The maximum absolute atomic E-state index is 10.3. The maximum Gasteiger partial charge on any atom is 0.324 e. The zero-order valence-electron chi connectivity index (χ0n) is 5.85. The van der Waals surface area contributed by atoms with E-state index in [4.69, 9.17) is 27.5 Å². The van der Waals surface area contributed by atoms with E-state index in [-0.39, 0.29) is 5.17 Å². The summed E-state index contributed by atoms with van der Waals surface area (Å²) in [4.78, 5) is 14.8. The van der Waals surface area contributed by atoms with Crippen molar-refractivity contribution in [3.8, 4) is 0 Å². The van der Waals surface area contributed by atoms with E-state index >= 15 is 0 Å². The first-order chi connectivity index (χ1) is 5.54. The Morgan fingerprint density at radius 1 is 1.83 bits per heavy atom. The first-order valence-corrected chi connectivity index (χ1v) is 3.47. The van der Waals surface area contributed by atoms with E-state index in [9.17, 15) is 4.79 Å². The zero-order valence-corrected chi connectivity index (χ0v) is 6.60. The highest BCUT2D eigenvalue weighted by Crippen LogP contribution is 2.16. The van der Waals surface area contributed by atoms with Gasteiger partial charge in [0.1, 0.15) is 6.04 Å². The minimum Gasteiger partial charge on any atom is -0.480 e. The van der Waals surface area contributed by atoms with Crippen LogP contribution in [0.1, 0.15) is 0 Å². The second kappa shape index (κ2) is 3.26. The fraction of sp³-hybridized carbons (Fsp3) is 0.600. The molecule has 6 nitrogen and oxygen atoms in total. The molecule has 0 radical (unpaired) electrons. The highest BCUT2D eigenvalue weighted by molar-refractivity contribution is 6.66. The largest absolute Gasteiger partial charge is 0.480 e. The quantitative estimate of drug-likeness (QED) is 0.507. The molecule has 0 saturated heterocycles. The number of hydrogen-bond acceptors (Lipinski definition) is 5. The third-order valence-electron chi connectivity index (χ3n) is 1.46. The Kier molecular flexibility index (Phi) is 2.51. The molecule has 0 fully saturated rings. The Morgan fingerprint density at radius 3 is 2.75 bits per heavy atom. The van der Waals surface area contributed by atoms with Crippen molar-refractivity contribution in [3.63, 3.8) is 0 Å². The average molecular weight is 195 g/mol. The number of carbonyl (C=O) groups is 1. The average Bonchev–Trinajstić information content (AvgIpc) is 2.32. The second-order valence-electron chi connectivity index (χ2n) is 2.29. The highest BCUT2D eigenvalue weighted by atomic mass is 35.5. The predicted octanol–water partition coefficient (Wildman–Crippen LogP) is -1.29. The molecule has 0 aromatic rings. The van der Waals surface area contributed by atoms with E-state index in [0.717, 1.165) is 0 Å². The van der Waals surface area contributed by atoms with Crippen molar-refractivity contribution in [3.05, 3.63) is 0 Å². The molecule has 0 aliphatic carbocycles. The van der Waals surface area contributed by atoms with Crippen molar-refractivity contribution in [1.29, 1.82) is 0 Å². The normalized spacial score (nSPS) is 30.8. The molecular weight excluding hydrogens is 188 g/mol. The van der Waals surface area contributed by atoms with Gasteiger partial charge in [0, 0.05) is 0 Å². The van der Waals surface area contributed by atoms with Crippen molar-refractivity contribution in [2.45, 2.75) is 18.2 Å². The van der Waals surface area contributed by atoms with Gasteiger partial charge in [0.05, 0.1) is 0 Å². The first kappa shape index (κ1) is 9.24. The van der Waals surface area contributed by atoms with Crippen molar-refractivity contribution in [2.75, 3.05) is 0 Å². The number of rotatable bonds is 2. The molecule has 12 heavy (non-hydrogen) atoms. The smallest absolute Gasteiger partial charge is 0.324 e. The Balaban J connectivity index is 2.63. The second-order valence-corrected chi connectivity index (χ2v) is 2.68. The summed E-state index contributed by atoms with van der Waals surface area (Å²) in [7, 11) is 0. The SMILES string of the molecule is NC(C(=O)O)C1ON=C(Cl)C1O. The third-order valence-corrected chi connectivity index (χ3v) is 1.75. The molecule has 0 aromatic carbocycles. The molecule has 0 aromatic heterocycles. The lowest BCUT2D eigenvalue weighted by Gasteiger charge is -2.15. The van der Waals surface area contributed by atoms with Crippen molar-refractivity contribution in [2.24, 2.45) is 10.9 Å². The molecule has 4 N–H and O–H groups in total. The summed E-state index contributed by atoms with van der Waals surface area (Å²) in [5.74, 6) is -1.28. The number of nitrogens with zero attached hydrogens (tertiary/aromatic N) is 1. The molecule has 0 spiro atoms. The van der Waals surface area contributed by atoms with Gasteiger partial charge in [0.25, 0.3) is 0 Å². The van der Waals surface area contributed by atoms with E-state index < -0.39 is 24.2 Å². The monoisotopic (exact) mass is 194 g/mol. The molecule has 0 bridgehead atoms. The molecule has 68 valence electrons. The van der Waals surface area contributed by atoms with Gasteiger partial charge in [-0.15, -0.1) is 0 Å². The van der Waals surface area contributed by atoms with Gasteiger partial charge in [-0.3, -0.25) is 4.79 Å². The van der Waals surface area contributed by atoms with Gasteiger partial charge < -0.3 is 20.8 Å². The molecule has 1 aliphatic heterocycles. The molecule has 1 aliphatic rings. The molecule has 1 rings (SSSR count). The lowest BCUT2D eigenvalue weighted by molar-refractivity contribution is -0.143. The fourth-order valence-electron chi connectivity index (χ4n) is 0.761. The van der Waals surface area contributed by atoms with Crippen LogP contribution in [0.25, 0.3) is 0 Å². The van der Waals surface area contributed by atoms with Crippen LogP contribution in [0, 0.1) is 0 Å². The Hall–Kier alpha value is -0.850. The van der Waals surface area contributed by atoms with Crippen molar-refractivity contribution >= 4 is 22.7 Å². The highest BCUT2D eigenvalue weighted by Gasteiger charge is 2.39. The molecule has 3 unspecified atom stereocenters. The van der Waals surface area contributed by atoms with Gasteiger partial charge in [-0.05, 0) is 0 Å². The van der Waals surface area contributed by atoms with Gasteiger partial charge in [0.2, 0.25) is 0 Å². The standard InChI is InChI=1S/C5H7ClN2O4/c6-4-2(9)3(12-8-4)1(7)5(10)11/h1-3,9H,7H2,(H,10,11). The molecule has 7 heteroatoms. The molecule has 0 amide bonds. The van der Waals surface area contributed by atoms with E-state index in [0.29, 0.717) is 0 Å². The Labute approximate surface area is 72.5 Å². The number of carboxylic acids is 1.